The predicted octanol–water partition coefficient (Wildman–Crippen LogP) is 3.32. The van der Waals surface area contributed by atoms with Crippen molar-refractivity contribution in [2.45, 2.75) is 26.3 Å². The average molecular weight is 446 g/mol. The highest BCUT2D eigenvalue weighted by atomic mass is 16.5. The molecule has 176 valence electrons. The Morgan fingerprint density at radius 1 is 0.875 bits per heavy atom. The minimum atomic E-state index is -0.468. The van der Waals surface area contributed by atoms with Crippen LogP contribution in [0.15, 0.2) is 30.3 Å². The minimum Gasteiger partial charge on any atom is -0.495 e. The van der Waals surface area contributed by atoms with Gasteiger partial charge in [-0.15, -0.1) is 0 Å². The van der Waals surface area contributed by atoms with Gasteiger partial charge in [-0.3, -0.25) is 4.79 Å². The van der Waals surface area contributed by atoms with Crippen molar-refractivity contribution in [2.75, 3.05) is 34.2 Å². The number of carbonyl (C=O) groups excluding carboxylic acids is 1. The highest BCUT2D eigenvalue weighted by Gasteiger charge is 2.12. The van der Waals surface area contributed by atoms with Crippen LogP contribution in [0.25, 0.3) is 12.2 Å². The zero-order valence-electron chi connectivity index (χ0n) is 19.7. The monoisotopic (exact) mass is 445 g/mol. The lowest BCUT2D eigenvalue weighted by Gasteiger charge is -2.12. The summed E-state index contributed by atoms with van der Waals surface area (Å²) in [6.45, 7) is 4.01. The summed E-state index contributed by atoms with van der Waals surface area (Å²) < 4.78 is 21.2. The molecule has 0 saturated heterocycles. The van der Waals surface area contributed by atoms with Gasteiger partial charge in [0.05, 0.1) is 40.2 Å². The van der Waals surface area contributed by atoms with Gasteiger partial charge in [-0.05, 0) is 47.7 Å². The third-order valence-corrected chi connectivity index (χ3v) is 4.50. The Kier molecular flexibility index (Phi) is 10.9. The zero-order valence-corrected chi connectivity index (χ0v) is 19.7. The molecule has 8 heteroatoms. The number of hydrogen-bond acceptors (Lipinski definition) is 7. The van der Waals surface area contributed by atoms with Gasteiger partial charge in [-0.2, -0.15) is 0 Å². The summed E-state index contributed by atoms with van der Waals surface area (Å²) in [5.41, 5.74) is 18.7. The van der Waals surface area contributed by atoms with Crippen molar-refractivity contribution in [3.8, 4) is 23.0 Å². The van der Waals surface area contributed by atoms with Crippen molar-refractivity contribution < 1.29 is 23.7 Å². The van der Waals surface area contributed by atoms with E-state index in [0.29, 0.717) is 41.0 Å². The third-order valence-electron chi connectivity index (χ3n) is 4.50. The number of primary amides is 1. The summed E-state index contributed by atoms with van der Waals surface area (Å²) in [4.78, 5) is 10.3. The molecule has 0 bridgehead atoms. The van der Waals surface area contributed by atoms with E-state index in [9.17, 15) is 4.79 Å². The molecule has 0 unspecified atom stereocenters. The van der Waals surface area contributed by atoms with E-state index in [1.807, 2.05) is 56.3 Å². The smallest absolute Gasteiger partial charge is 0.234 e. The number of rotatable bonds is 9. The standard InChI is InChI=1S/C18H21NO4.C6H14N2O/c1-20-15-8-7-12(9-14(15)19)5-6-13-10-16(21-2)18(23-4)17(11-13)22-3;1-4(2)3-5(7)6(8)9/h5-11H,19H2,1-4H3;4-5H,3,7H2,1-2H3,(H2,8,9)/t;5-/m.0/s1. The maximum absolute atomic E-state index is 10.3. The molecule has 0 aliphatic carbocycles. The second-order valence-corrected chi connectivity index (χ2v) is 7.43. The molecule has 0 aliphatic heterocycles. The molecule has 0 aromatic heterocycles. The van der Waals surface area contributed by atoms with Crippen molar-refractivity contribution in [1.82, 2.24) is 0 Å². The number of ether oxygens (including phenoxy) is 4. The molecule has 0 radical (unpaired) electrons. The maximum Gasteiger partial charge on any atom is 0.234 e. The first-order valence-corrected chi connectivity index (χ1v) is 10.1. The summed E-state index contributed by atoms with van der Waals surface area (Å²) in [5.74, 6) is 2.48. The highest BCUT2D eigenvalue weighted by molar-refractivity contribution is 5.79. The maximum atomic E-state index is 10.3. The number of benzene rings is 2. The van der Waals surface area contributed by atoms with Crippen LogP contribution in [0.1, 0.15) is 31.4 Å². The second-order valence-electron chi connectivity index (χ2n) is 7.43. The van der Waals surface area contributed by atoms with Crippen molar-refractivity contribution >= 4 is 23.7 Å². The molecule has 0 spiro atoms. The Labute approximate surface area is 190 Å². The van der Waals surface area contributed by atoms with Gasteiger partial charge in [0.15, 0.2) is 11.5 Å². The fourth-order valence-electron chi connectivity index (χ4n) is 2.87. The number of methoxy groups -OCH3 is 4. The van der Waals surface area contributed by atoms with Gasteiger partial charge in [-0.1, -0.05) is 32.1 Å². The first-order valence-electron chi connectivity index (χ1n) is 10.1. The lowest BCUT2D eigenvalue weighted by Crippen LogP contribution is -2.37. The molecular weight excluding hydrogens is 410 g/mol. The quantitative estimate of drug-likeness (QED) is 0.398. The van der Waals surface area contributed by atoms with Crippen LogP contribution in [0.3, 0.4) is 0 Å². The van der Waals surface area contributed by atoms with Gasteiger partial charge in [0.1, 0.15) is 5.75 Å². The molecule has 6 N–H and O–H groups in total. The average Bonchev–Trinajstić information content (AvgIpc) is 2.76. The van der Waals surface area contributed by atoms with Crippen molar-refractivity contribution in [3.05, 3.63) is 41.5 Å². The predicted molar refractivity (Wildman–Crippen MR) is 129 cm³/mol. The summed E-state index contributed by atoms with van der Waals surface area (Å²) in [6, 6.07) is 8.92. The van der Waals surface area contributed by atoms with Gasteiger partial charge >= 0.3 is 0 Å². The first kappa shape index (κ1) is 26.6. The van der Waals surface area contributed by atoms with Crippen molar-refractivity contribution in [2.24, 2.45) is 17.4 Å². The Morgan fingerprint density at radius 2 is 1.41 bits per heavy atom. The van der Waals surface area contributed by atoms with E-state index < -0.39 is 11.9 Å². The van der Waals surface area contributed by atoms with E-state index in [2.05, 4.69) is 0 Å². The zero-order chi connectivity index (χ0) is 24.3. The Balaban J connectivity index is 0.000000482. The van der Waals surface area contributed by atoms with E-state index in [1.165, 1.54) is 0 Å². The third kappa shape index (κ3) is 8.03. The van der Waals surface area contributed by atoms with Crippen LogP contribution in [-0.2, 0) is 4.79 Å². The fraction of sp³-hybridized carbons (Fsp3) is 0.375. The van der Waals surface area contributed by atoms with E-state index in [-0.39, 0.29) is 0 Å². The van der Waals surface area contributed by atoms with Crippen LogP contribution in [0.5, 0.6) is 23.0 Å². The molecule has 0 aliphatic rings. The van der Waals surface area contributed by atoms with Gasteiger partial charge in [0.25, 0.3) is 0 Å². The molecule has 2 rings (SSSR count). The Morgan fingerprint density at radius 3 is 1.78 bits per heavy atom. The second kappa shape index (κ2) is 13.1. The molecule has 1 amide bonds. The van der Waals surface area contributed by atoms with E-state index in [4.69, 9.17) is 36.1 Å². The SMILES string of the molecule is CC(C)C[C@H](N)C(N)=O.COc1ccc(C=Cc2cc(OC)c(OC)c(OC)c2)cc1N. The molecule has 8 nitrogen and oxygen atoms in total. The largest absolute Gasteiger partial charge is 0.495 e. The van der Waals surface area contributed by atoms with E-state index in [0.717, 1.165) is 11.1 Å². The number of carbonyl (C=O) groups is 1. The summed E-state index contributed by atoms with van der Waals surface area (Å²) in [5, 5.41) is 0. The minimum absolute atomic E-state index is 0.413. The normalized spacial score (nSPS) is 11.5. The first-order chi connectivity index (χ1) is 15.2. The van der Waals surface area contributed by atoms with Crippen LogP contribution >= 0.6 is 0 Å². The number of hydrogen-bond donors (Lipinski definition) is 3. The molecular formula is C24H35N3O5. The Bertz CT molecular complexity index is 887. The van der Waals surface area contributed by atoms with Crippen LogP contribution in [0.4, 0.5) is 5.69 Å². The van der Waals surface area contributed by atoms with Crippen molar-refractivity contribution in [3.63, 3.8) is 0 Å². The molecule has 0 fully saturated rings. The molecule has 1 atom stereocenters. The highest BCUT2D eigenvalue weighted by Crippen LogP contribution is 2.38. The summed E-state index contributed by atoms with van der Waals surface area (Å²) in [6.07, 6.45) is 4.58. The van der Waals surface area contributed by atoms with Crippen LogP contribution in [0, 0.1) is 5.92 Å². The number of nitrogens with two attached hydrogens (primary N) is 3. The lowest BCUT2D eigenvalue weighted by molar-refractivity contribution is -0.119. The van der Waals surface area contributed by atoms with Gasteiger partial charge in [0.2, 0.25) is 11.7 Å². The van der Waals surface area contributed by atoms with Crippen LogP contribution < -0.4 is 36.1 Å². The van der Waals surface area contributed by atoms with E-state index >= 15 is 0 Å². The van der Waals surface area contributed by atoms with Crippen LogP contribution in [0.2, 0.25) is 0 Å². The summed E-state index contributed by atoms with van der Waals surface area (Å²) >= 11 is 0. The molecule has 2 aromatic rings. The van der Waals surface area contributed by atoms with Crippen molar-refractivity contribution in [1.29, 1.82) is 0 Å². The van der Waals surface area contributed by atoms with Gasteiger partial charge in [-0.25, -0.2) is 0 Å². The molecule has 0 saturated carbocycles. The lowest BCUT2D eigenvalue weighted by atomic mass is 10.0. The molecule has 0 heterocycles. The molecule has 2 aromatic carbocycles. The number of amides is 1. The Hall–Kier alpha value is -3.39. The number of nitrogen functional groups attached to an aromatic ring is 1. The number of anilines is 1. The van der Waals surface area contributed by atoms with Gasteiger partial charge < -0.3 is 36.1 Å². The van der Waals surface area contributed by atoms with Gasteiger partial charge in [0, 0.05) is 0 Å². The fourth-order valence-corrected chi connectivity index (χ4v) is 2.87. The van der Waals surface area contributed by atoms with Crippen LogP contribution in [-0.4, -0.2) is 40.4 Å². The van der Waals surface area contributed by atoms with E-state index in [1.54, 1.807) is 28.4 Å². The summed E-state index contributed by atoms with van der Waals surface area (Å²) in [7, 11) is 6.36. The molecule has 32 heavy (non-hydrogen) atoms. The topological polar surface area (TPSA) is 132 Å².